The maximum Gasteiger partial charge on any atom is 0.122 e. The molecule has 0 amide bonds. The molecule has 0 aromatic rings. The second-order valence-electron chi connectivity index (χ2n) is 4.22. The molecule has 2 nitrogen and oxygen atoms in total. The Bertz CT molecular complexity index is 164. The standard InChI is InChI=1S/C12H22N2/c13-9-5-1-2-6-10-14-11-7-3-4-8-12-14/h1-8,10-12H2/q+1. The van der Waals surface area contributed by atoms with Crippen molar-refractivity contribution < 1.29 is 0 Å². The van der Waals surface area contributed by atoms with Crippen LogP contribution in [0.25, 0.3) is 0 Å². The largest absolute Gasteiger partial charge is 0.198 e. The molecule has 79 valence electrons. The van der Waals surface area contributed by atoms with Crippen LogP contribution in [0.2, 0.25) is 0 Å². The van der Waals surface area contributed by atoms with E-state index in [4.69, 9.17) is 5.26 Å². The van der Waals surface area contributed by atoms with Gasteiger partial charge in [-0.05, 0) is 25.7 Å². The van der Waals surface area contributed by atoms with Gasteiger partial charge in [0.15, 0.2) is 0 Å². The van der Waals surface area contributed by atoms with E-state index in [0.717, 1.165) is 12.8 Å². The van der Waals surface area contributed by atoms with Crippen LogP contribution in [-0.2, 0) is 0 Å². The van der Waals surface area contributed by atoms with Crippen LogP contribution in [0.15, 0.2) is 0 Å². The molecule has 0 N–H and O–H groups in total. The molecule has 0 aromatic heterocycles. The van der Waals surface area contributed by atoms with Crippen LogP contribution >= 0.6 is 0 Å². The molecule has 1 rings (SSSR count). The number of nitriles is 1. The first-order chi connectivity index (χ1) is 6.93. The van der Waals surface area contributed by atoms with E-state index in [0.29, 0.717) is 0 Å². The third-order valence-corrected chi connectivity index (χ3v) is 2.96. The fourth-order valence-corrected chi connectivity index (χ4v) is 2.08. The third kappa shape index (κ3) is 5.24. The zero-order chi connectivity index (χ0) is 10.1. The lowest BCUT2D eigenvalue weighted by Crippen LogP contribution is -2.32. The number of unbranched alkanes of at least 4 members (excludes halogenated alkanes) is 3. The number of rotatable bonds is 5. The van der Waals surface area contributed by atoms with Crippen molar-refractivity contribution in [3.8, 4) is 6.07 Å². The summed E-state index contributed by atoms with van der Waals surface area (Å²) in [7, 11) is 0. The van der Waals surface area contributed by atoms with E-state index in [9.17, 15) is 0 Å². The molecule has 2 heteroatoms. The van der Waals surface area contributed by atoms with Gasteiger partial charge < -0.3 is 0 Å². The Hall–Kier alpha value is -0.550. The van der Waals surface area contributed by atoms with Gasteiger partial charge >= 0.3 is 0 Å². The topological polar surface area (TPSA) is 29.7 Å². The minimum Gasteiger partial charge on any atom is -0.198 e. The van der Waals surface area contributed by atoms with Gasteiger partial charge in [0.2, 0.25) is 0 Å². The fourth-order valence-electron chi connectivity index (χ4n) is 2.08. The lowest BCUT2D eigenvalue weighted by atomic mass is 10.2. The summed E-state index contributed by atoms with van der Waals surface area (Å²) in [5, 5.41) is 8.39. The van der Waals surface area contributed by atoms with E-state index in [1.807, 2.05) is 0 Å². The number of likely N-dealkylation sites (tertiary alicyclic amines) is 1. The molecule has 14 heavy (non-hydrogen) atoms. The fraction of sp³-hybridized carbons (Fsp3) is 0.917. The smallest absolute Gasteiger partial charge is 0.122 e. The molecule has 1 aliphatic heterocycles. The molecule has 0 atom stereocenters. The van der Waals surface area contributed by atoms with Crippen molar-refractivity contribution in [3.63, 3.8) is 0 Å². The lowest BCUT2D eigenvalue weighted by molar-refractivity contribution is 0.405. The summed E-state index contributed by atoms with van der Waals surface area (Å²) in [5.41, 5.74) is 0. The molecular weight excluding hydrogens is 172 g/mol. The van der Waals surface area contributed by atoms with Crippen molar-refractivity contribution in [2.45, 2.75) is 51.4 Å². The maximum atomic E-state index is 8.39. The summed E-state index contributed by atoms with van der Waals surface area (Å²) in [6.07, 6.45) is 9.95. The summed E-state index contributed by atoms with van der Waals surface area (Å²) in [5.74, 6) is 0. The Kier molecular flexibility index (Phi) is 6.43. The molecule has 0 bridgehead atoms. The average Bonchev–Trinajstić information content (AvgIpc) is 2.46. The van der Waals surface area contributed by atoms with Crippen molar-refractivity contribution in [1.82, 2.24) is 4.90 Å². The van der Waals surface area contributed by atoms with Gasteiger partial charge in [-0.25, -0.2) is 0 Å². The zero-order valence-corrected chi connectivity index (χ0v) is 9.17. The predicted molar refractivity (Wildman–Crippen MR) is 59.3 cm³/mol. The van der Waals surface area contributed by atoms with E-state index in [-0.39, 0.29) is 0 Å². The Balaban J connectivity index is 1.96. The molecular formula is C12H22N2+. The van der Waals surface area contributed by atoms with Gasteiger partial charge in [0.05, 0.1) is 6.07 Å². The highest BCUT2D eigenvalue weighted by Gasteiger charge is 2.16. The molecule has 0 spiro atoms. The molecule has 0 saturated carbocycles. The molecule has 1 fully saturated rings. The van der Waals surface area contributed by atoms with Crippen LogP contribution in [0.5, 0.6) is 0 Å². The van der Waals surface area contributed by atoms with Crippen molar-refractivity contribution in [1.29, 1.82) is 5.26 Å². The second kappa shape index (κ2) is 7.82. The minimum absolute atomic E-state index is 0.736. The highest BCUT2D eigenvalue weighted by Crippen LogP contribution is 2.08. The summed E-state index contributed by atoms with van der Waals surface area (Å²) in [6.45, 7) is 3.86. The summed E-state index contributed by atoms with van der Waals surface area (Å²) in [6, 6.07) is 2.20. The van der Waals surface area contributed by atoms with Crippen LogP contribution < -0.4 is 4.90 Å². The summed E-state index contributed by atoms with van der Waals surface area (Å²) >= 11 is 0. The first kappa shape index (κ1) is 11.5. The normalized spacial score (nSPS) is 18.8. The first-order valence-electron chi connectivity index (χ1n) is 6.03. The number of hydrogen-bond donors (Lipinski definition) is 0. The van der Waals surface area contributed by atoms with E-state index < -0.39 is 0 Å². The van der Waals surface area contributed by atoms with Gasteiger partial charge in [0.25, 0.3) is 0 Å². The van der Waals surface area contributed by atoms with Crippen molar-refractivity contribution in [2.24, 2.45) is 0 Å². The van der Waals surface area contributed by atoms with Gasteiger partial charge in [0.1, 0.15) is 19.6 Å². The summed E-state index contributed by atoms with van der Waals surface area (Å²) in [4.78, 5) is 2.60. The van der Waals surface area contributed by atoms with E-state index in [1.54, 1.807) is 0 Å². The van der Waals surface area contributed by atoms with Crippen molar-refractivity contribution in [2.75, 3.05) is 19.6 Å². The van der Waals surface area contributed by atoms with E-state index in [2.05, 4.69) is 11.0 Å². The quantitative estimate of drug-likeness (QED) is 0.489. The van der Waals surface area contributed by atoms with Gasteiger partial charge in [-0.1, -0.05) is 0 Å². The van der Waals surface area contributed by atoms with Crippen LogP contribution in [0.1, 0.15) is 51.4 Å². The van der Waals surface area contributed by atoms with E-state index >= 15 is 0 Å². The Morgan fingerprint density at radius 1 is 0.929 bits per heavy atom. The molecule has 0 aliphatic carbocycles. The minimum atomic E-state index is 0.736. The SMILES string of the molecule is N#CCCCCC[N+]1CCCCCC1. The highest BCUT2D eigenvalue weighted by atomic mass is 15.1. The maximum absolute atomic E-state index is 8.39. The molecule has 1 saturated heterocycles. The Morgan fingerprint density at radius 3 is 2.29 bits per heavy atom. The van der Waals surface area contributed by atoms with Gasteiger partial charge in [-0.15, -0.1) is 0 Å². The van der Waals surface area contributed by atoms with Gasteiger partial charge in [-0.3, -0.25) is 0 Å². The Labute approximate surface area is 87.9 Å². The van der Waals surface area contributed by atoms with Crippen LogP contribution in [0.4, 0.5) is 0 Å². The summed E-state index contributed by atoms with van der Waals surface area (Å²) < 4.78 is 0. The lowest BCUT2D eigenvalue weighted by Gasteiger charge is -2.08. The molecule has 1 heterocycles. The van der Waals surface area contributed by atoms with Gasteiger partial charge in [-0.2, -0.15) is 10.2 Å². The zero-order valence-electron chi connectivity index (χ0n) is 9.17. The number of nitrogens with zero attached hydrogens (tertiary/aromatic N) is 2. The Morgan fingerprint density at radius 2 is 1.64 bits per heavy atom. The monoisotopic (exact) mass is 194 g/mol. The first-order valence-corrected chi connectivity index (χ1v) is 6.03. The molecule has 1 radical (unpaired) electrons. The highest BCUT2D eigenvalue weighted by molar-refractivity contribution is 4.70. The van der Waals surface area contributed by atoms with Crippen LogP contribution in [0, 0.1) is 11.3 Å². The van der Waals surface area contributed by atoms with Crippen molar-refractivity contribution in [3.05, 3.63) is 0 Å². The third-order valence-electron chi connectivity index (χ3n) is 2.96. The second-order valence-corrected chi connectivity index (χ2v) is 4.22. The predicted octanol–water partition coefficient (Wildman–Crippen LogP) is 2.78. The number of hydrogen-bond acceptors (Lipinski definition) is 2. The molecule has 0 aromatic carbocycles. The van der Waals surface area contributed by atoms with E-state index in [1.165, 1.54) is 58.2 Å². The average molecular weight is 194 g/mol. The molecule has 1 aliphatic rings. The molecule has 0 unspecified atom stereocenters. The van der Waals surface area contributed by atoms with Crippen LogP contribution in [0.3, 0.4) is 0 Å². The van der Waals surface area contributed by atoms with Crippen LogP contribution in [-0.4, -0.2) is 19.6 Å². The van der Waals surface area contributed by atoms with Gasteiger partial charge in [0, 0.05) is 25.7 Å². The van der Waals surface area contributed by atoms with Crippen molar-refractivity contribution >= 4 is 0 Å².